The first-order valence-electron chi connectivity index (χ1n) is 6.14. The summed E-state index contributed by atoms with van der Waals surface area (Å²) in [5, 5.41) is 14.2. The zero-order valence-electron chi connectivity index (χ0n) is 10.7. The van der Waals surface area contributed by atoms with Gasteiger partial charge in [-0.15, -0.1) is 0 Å². The van der Waals surface area contributed by atoms with Gasteiger partial charge in [-0.2, -0.15) is 0 Å². The minimum absolute atomic E-state index is 0.243. The number of aromatic carboxylic acids is 1. The fourth-order valence-corrected chi connectivity index (χ4v) is 2.11. The highest BCUT2D eigenvalue weighted by Crippen LogP contribution is 2.25. The molecule has 0 unspecified atom stereocenters. The quantitative estimate of drug-likeness (QED) is 0.721. The van der Waals surface area contributed by atoms with Gasteiger partial charge >= 0.3 is 5.97 Å². The van der Waals surface area contributed by atoms with Crippen molar-refractivity contribution in [2.75, 3.05) is 5.32 Å². The van der Waals surface area contributed by atoms with Gasteiger partial charge in [-0.25, -0.2) is 14.8 Å². The standard InChI is InChI=1S/C15H10ClN3O2/c16-13-4-2-11(8-18-13)19-14-12-3-1-10(15(20)21)7-9(12)5-6-17-14/h1-8H,(H,17,19)(H,20,21). The van der Waals surface area contributed by atoms with Gasteiger partial charge in [0.2, 0.25) is 0 Å². The zero-order chi connectivity index (χ0) is 14.8. The van der Waals surface area contributed by atoms with Gasteiger partial charge in [-0.05, 0) is 41.8 Å². The lowest BCUT2D eigenvalue weighted by Gasteiger charge is -2.09. The second kappa shape index (κ2) is 5.38. The Balaban J connectivity index is 2.02. The fourth-order valence-electron chi connectivity index (χ4n) is 2.00. The summed E-state index contributed by atoms with van der Waals surface area (Å²) < 4.78 is 0. The van der Waals surface area contributed by atoms with Crippen LogP contribution in [0.2, 0.25) is 5.15 Å². The average Bonchev–Trinajstić information content (AvgIpc) is 2.49. The predicted octanol–water partition coefficient (Wildman–Crippen LogP) is 3.73. The second-order valence-corrected chi connectivity index (χ2v) is 4.78. The van der Waals surface area contributed by atoms with Crippen LogP contribution in [0.25, 0.3) is 10.8 Å². The minimum atomic E-state index is -0.954. The number of carbonyl (C=O) groups is 1. The summed E-state index contributed by atoms with van der Waals surface area (Å²) in [6.07, 6.45) is 3.23. The molecule has 2 heterocycles. The van der Waals surface area contributed by atoms with Gasteiger partial charge in [0.25, 0.3) is 0 Å². The van der Waals surface area contributed by atoms with Crippen LogP contribution in [0.4, 0.5) is 11.5 Å². The highest BCUT2D eigenvalue weighted by Gasteiger charge is 2.07. The summed E-state index contributed by atoms with van der Waals surface area (Å²) in [6, 6.07) is 10.1. The highest BCUT2D eigenvalue weighted by molar-refractivity contribution is 6.29. The fraction of sp³-hybridized carbons (Fsp3) is 0. The van der Waals surface area contributed by atoms with Crippen molar-refractivity contribution >= 4 is 39.8 Å². The number of carboxylic acids is 1. The molecule has 0 aliphatic carbocycles. The summed E-state index contributed by atoms with van der Waals surface area (Å²) in [7, 11) is 0. The van der Waals surface area contributed by atoms with Gasteiger partial charge < -0.3 is 10.4 Å². The number of benzene rings is 1. The van der Waals surface area contributed by atoms with Crippen molar-refractivity contribution in [1.29, 1.82) is 0 Å². The maximum Gasteiger partial charge on any atom is 0.335 e. The van der Waals surface area contributed by atoms with Crippen molar-refractivity contribution in [3.05, 3.63) is 59.5 Å². The van der Waals surface area contributed by atoms with Crippen molar-refractivity contribution in [2.24, 2.45) is 0 Å². The van der Waals surface area contributed by atoms with E-state index in [2.05, 4.69) is 15.3 Å². The number of aromatic nitrogens is 2. The Hall–Kier alpha value is -2.66. The number of rotatable bonds is 3. The van der Waals surface area contributed by atoms with Gasteiger partial charge in [0.1, 0.15) is 11.0 Å². The normalized spacial score (nSPS) is 10.5. The molecule has 0 fully saturated rings. The lowest BCUT2D eigenvalue weighted by atomic mass is 10.1. The van der Waals surface area contributed by atoms with Crippen LogP contribution in [0.3, 0.4) is 0 Å². The molecule has 6 heteroatoms. The molecule has 0 saturated heterocycles. The molecule has 3 aromatic rings. The maximum atomic E-state index is 11.0. The molecule has 0 aliphatic heterocycles. The Kier molecular flexibility index (Phi) is 3.41. The smallest absolute Gasteiger partial charge is 0.335 e. The van der Waals surface area contributed by atoms with Crippen molar-refractivity contribution in [2.45, 2.75) is 0 Å². The molecule has 2 aromatic heterocycles. The molecule has 0 amide bonds. The van der Waals surface area contributed by atoms with E-state index >= 15 is 0 Å². The Morgan fingerprint density at radius 3 is 2.71 bits per heavy atom. The zero-order valence-corrected chi connectivity index (χ0v) is 11.5. The molecular weight excluding hydrogens is 290 g/mol. The molecule has 0 bridgehead atoms. The van der Waals surface area contributed by atoms with E-state index in [9.17, 15) is 4.79 Å². The topological polar surface area (TPSA) is 75.1 Å². The van der Waals surface area contributed by atoms with Crippen molar-refractivity contribution in [3.8, 4) is 0 Å². The Labute approximate surface area is 125 Å². The van der Waals surface area contributed by atoms with Crippen LogP contribution in [0.1, 0.15) is 10.4 Å². The van der Waals surface area contributed by atoms with Crippen LogP contribution in [0, 0.1) is 0 Å². The number of fused-ring (bicyclic) bond motifs is 1. The number of nitrogens with zero attached hydrogens (tertiary/aromatic N) is 2. The minimum Gasteiger partial charge on any atom is -0.478 e. The van der Waals surface area contributed by atoms with E-state index in [1.165, 1.54) is 0 Å². The van der Waals surface area contributed by atoms with E-state index < -0.39 is 5.97 Å². The first kappa shape index (κ1) is 13.3. The van der Waals surface area contributed by atoms with E-state index in [1.54, 1.807) is 48.8 Å². The number of anilines is 2. The second-order valence-electron chi connectivity index (χ2n) is 4.40. The van der Waals surface area contributed by atoms with Crippen molar-refractivity contribution in [3.63, 3.8) is 0 Å². The van der Waals surface area contributed by atoms with Crippen molar-refractivity contribution in [1.82, 2.24) is 9.97 Å². The Morgan fingerprint density at radius 2 is 2.00 bits per heavy atom. The van der Waals surface area contributed by atoms with Gasteiger partial charge in [-0.3, -0.25) is 0 Å². The molecule has 0 spiro atoms. The van der Waals surface area contributed by atoms with Crippen LogP contribution in [-0.4, -0.2) is 21.0 Å². The molecule has 3 rings (SSSR count). The summed E-state index contributed by atoms with van der Waals surface area (Å²) >= 11 is 5.75. The number of nitrogens with one attached hydrogen (secondary N) is 1. The van der Waals surface area contributed by atoms with Crippen LogP contribution in [-0.2, 0) is 0 Å². The van der Waals surface area contributed by atoms with Crippen LogP contribution < -0.4 is 5.32 Å². The highest BCUT2D eigenvalue weighted by atomic mass is 35.5. The largest absolute Gasteiger partial charge is 0.478 e. The Morgan fingerprint density at radius 1 is 1.14 bits per heavy atom. The van der Waals surface area contributed by atoms with Gasteiger partial charge in [0.15, 0.2) is 0 Å². The summed E-state index contributed by atoms with van der Waals surface area (Å²) in [6.45, 7) is 0. The van der Waals surface area contributed by atoms with Crippen LogP contribution >= 0.6 is 11.6 Å². The maximum absolute atomic E-state index is 11.0. The Bertz CT molecular complexity index is 819. The number of hydrogen-bond acceptors (Lipinski definition) is 4. The van der Waals surface area contributed by atoms with Gasteiger partial charge in [0, 0.05) is 11.6 Å². The van der Waals surface area contributed by atoms with E-state index in [0.717, 1.165) is 16.5 Å². The first-order valence-corrected chi connectivity index (χ1v) is 6.52. The van der Waals surface area contributed by atoms with Gasteiger partial charge in [0.05, 0.1) is 17.4 Å². The molecule has 0 radical (unpaired) electrons. The molecule has 2 N–H and O–H groups in total. The summed E-state index contributed by atoms with van der Waals surface area (Å²) in [4.78, 5) is 19.3. The lowest BCUT2D eigenvalue weighted by molar-refractivity contribution is 0.0697. The predicted molar refractivity (Wildman–Crippen MR) is 81.2 cm³/mol. The van der Waals surface area contributed by atoms with E-state index in [1.807, 2.05) is 0 Å². The van der Waals surface area contributed by atoms with Crippen LogP contribution in [0.15, 0.2) is 48.8 Å². The molecule has 0 atom stereocenters. The monoisotopic (exact) mass is 299 g/mol. The summed E-state index contributed by atoms with van der Waals surface area (Å²) in [5.41, 5.74) is 0.995. The molecule has 104 valence electrons. The number of hydrogen-bond donors (Lipinski definition) is 2. The molecule has 21 heavy (non-hydrogen) atoms. The average molecular weight is 300 g/mol. The van der Waals surface area contributed by atoms with Gasteiger partial charge in [-0.1, -0.05) is 11.6 Å². The lowest BCUT2D eigenvalue weighted by Crippen LogP contribution is -1.98. The first-order chi connectivity index (χ1) is 10.1. The van der Waals surface area contributed by atoms with E-state index in [0.29, 0.717) is 11.0 Å². The molecular formula is C15H10ClN3O2. The summed E-state index contributed by atoms with van der Waals surface area (Å²) in [5.74, 6) is -0.321. The molecule has 0 saturated carbocycles. The van der Waals surface area contributed by atoms with Crippen LogP contribution in [0.5, 0.6) is 0 Å². The molecule has 5 nitrogen and oxygen atoms in total. The SMILES string of the molecule is O=C(O)c1ccc2c(Nc3ccc(Cl)nc3)nccc2c1. The van der Waals surface area contributed by atoms with E-state index in [4.69, 9.17) is 16.7 Å². The van der Waals surface area contributed by atoms with E-state index in [-0.39, 0.29) is 5.56 Å². The number of pyridine rings is 2. The third-order valence-corrected chi connectivity index (χ3v) is 3.23. The number of carboxylic acid groups (broad SMARTS) is 1. The molecule has 1 aromatic carbocycles. The van der Waals surface area contributed by atoms with Crippen molar-refractivity contribution < 1.29 is 9.90 Å². The third kappa shape index (κ3) is 2.78. The number of halogens is 1. The molecule has 0 aliphatic rings. The third-order valence-electron chi connectivity index (χ3n) is 3.00.